The molecule has 1 N–H and O–H groups in total. The summed E-state index contributed by atoms with van der Waals surface area (Å²) in [5.74, 6) is -2.99. The Bertz CT molecular complexity index is 879. The van der Waals surface area contributed by atoms with Gasteiger partial charge in [0, 0.05) is 32.6 Å². The Hall–Kier alpha value is -2.81. The fourth-order valence-electron chi connectivity index (χ4n) is 4.03. The van der Waals surface area contributed by atoms with Gasteiger partial charge in [-0.25, -0.2) is 4.39 Å². The minimum Gasteiger partial charge on any atom is -0.367 e. The van der Waals surface area contributed by atoms with Crippen LogP contribution in [-0.4, -0.2) is 72.2 Å². The van der Waals surface area contributed by atoms with Crippen molar-refractivity contribution >= 4 is 29.3 Å². The molecule has 0 saturated carbocycles. The third-order valence-electron chi connectivity index (χ3n) is 5.67. The largest absolute Gasteiger partial charge is 0.367 e. The lowest BCUT2D eigenvalue weighted by molar-refractivity contribution is -0.136. The van der Waals surface area contributed by atoms with Crippen molar-refractivity contribution < 1.29 is 23.6 Å². The molecule has 3 heterocycles. The van der Waals surface area contributed by atoms with E-state index < -0.39 is 35.5 Å². The number of halogens is 1. The molecule has 3 aliphatic heterocycles. The number of likely N-dealkylation sites (N-methyl/N-ethyl adjacent to an activating group) is 1. The van der Waals surface area contributed by atoms with E-state index in [1.54, 1.807) is 0 Å². The summed E-state index contributed by atoms with van der Waals surface area (Å²) in [7, 11) is 0. The Balaban J connectivity index is 1.62. The number of carbonyl (C=O) groups excluding carboxylic acids is 4. The molecule has 0 aliphatic carbocycles. The van der Waals surface area contributed by atoms with E-state index in [-0.39, 0.29) is 24.0 Å². The second-order valence-corrected chi connectivity index (χ2v) is 7.22. The van der Waals surface area contributed by atoms with Crippen molar-refractivity contribution in [1.29, 1.82) is 0 Å². The number of rotatable bonds is 3. The quantitative estimate of drug-likeness (QED) is 0.753. The van der Waals surface area contributed by atoms with Crippen molar-refractivity contribution in [3.63, 3.8) is 0 Å². The fourth-order valence-corrected chi connectivity index (χ4v) is 4.03. The van der Waals surface area contributed by atoms with Crippen LogP contribution in [0.4, 0.5) is 10.1 Å². The highest BCUT2D eigenvalue weighted by atomic mass is 19.1. The molecule has 1 unspecified atom stereocenters. The van der Waals surface area contributed by atoms with E-state index in [9.17, 15) is 23.6 Å². The molecule has 4 rings (SSSR count). The SMILES string of the molecule is CCN1CCN(c2cc3c(cc2F)C(=O)N(C2CCC(=O)NC2=O)C3=O)CC1. The number of imide groups is 2. The lowest BCUT2D eigenvalue weighted by Gasteiger charge is -2.35. The zero-order chi connectivity index (χ0) is 20.0. The number of fused-ring (bicyclic) bond motifs is 1. The molecule has 1 aromatic carbocycles. The van der Waals surface area contributed by atoms with E-state index in [1.165, 1.54) is 6.07 Å². The van der Waals surface area contributed by atoms with Crippen molar-refractivity contribution in [2.45, 2.75) is 25.8 Å². The summed E-state index contributed by atoms with van der Waals surface area (Å²) in [5.41, 5.74) is 0.355. The molecule has 0 aromatic heterocycles. The Morgan fingerprint density at radius 3 is 2.29 bits per heavy atom. The molecule has 4 amide bonds. The first-order valence-corrected chi connectivity index (χ1v) is 9.43. The standard InChI is InChI=1S/C19H21FN4O4/c1-2-22-5-7-23(8-6-22)15-10-12-11(9-13(15)20)18(27)24(19(12)28)14-3-4-16(25)21-17(14)26/h9-10,14H,2-8H2,1H3,(H,21,25,26). The maximum atomic E-state index is 14.7. The molecule has 1 aromatic rings. The predicted octanol–water partition coefficient (Wildman–Crippen LogP) is 0.369. The molecule has 2 fully saturated rings. The summed E-state index contributed by atoms with van der Waals surface area (Å²) in [6.07, 6.45) is 0.121. The summed E-state index contributed by atoms with van der Waals surface area (Å²) in [6, 6.07) is 1.45. The van der Waals surface area contributed by atoms with Crippen molar-refractivity contribution in [2.75, 3.05) is 37.6 Å². The molecule has 2 saturated heterocycles. The third kappa shape index (κ3) is 2.95. The first-order chi connectivity index (χ1) is 13.4. The average molecular weight is 388 g/mol. The second kappa shape index (κ2) is 6.97. The summed E-state index contributed by atoms with van der Waals surface area (Å²) in [6.45, 7) is 5.84. The van der Waals surface area contributed by atoms with Gasteiger partial charge in [0.2, 0.25) is 11.8 Å². The Morgan fingerprint density at radius 2 is 1.68 bits per heavy atom. The first kappa shape index (κ1) is 18.5. The zero-order valence-corrected chi connectivity index (χ0v) is 15.5. The molecule has 1 atom stereocenters. The molecule has 0 bridgehead atoms. The zero-order valence-electron chi connectivity index (χ0n) is 15.5. The monoisotopic (exact) mass is 388 g/mol. The number of carbonyl (C=O) groups is 4. The lowest BCUT2D eigenvalue weighted by Crippen LogP contribution is -2.54. The van der Waals surface area contributed by atoms with Crippen LogP contribution in [0.25, 0.3) is 0 Å². The highest BCUT2D eigenvalue weighted by molar-refractivity contribution is 6.23. The van der Waals surface area contributed by atoms with E-state index in [0.717, 1.165) is 30.6 Å². The number of piperidine rings is 1. The van der Waals surface area contributed by atoms with Crippen molar-refractivity contribution in [3.8, 4) is 0 Å². The molecule has 8 nitrogen and oxygen atoms in total. The number of benzene rings is 1. The van der Waals surface area contributed by atoms with E-state index in [0.29, 0.717) is 18.8 Å². The highest BCUT2D eigenvalue weighted by Crippen LogP contribution is 2.33. The fraction of sp³-hybridized carbons (Fsp3) is 0.474. The number of nitrogens with zero attached hydrogens (tertiary/aromatic N) is 3. The Kier molecular flexibility index (Phi) is 4.62. The van der Waals surface area contributed by atoms with Gasteiger partial charge in [-0.05, 0) is 25.1 Å². The summed E-state index contributed by atoms with van der Waals surface area (Å²) < 4.78 is 14.7. The minimum absolute atomic E-state index is 0.0388. The van der Waals surface area contributed by atoms with E-state index in [4.69, 9.17) is 0 Å². The van der Waals surface area contributed by atoms with Gasteiger partial charge in [0.1, 0.15) is 11.9 Å². The van der Waals surface area contributed by atoms with Crippen LogP contribution in [0, 0.1) is 5.82 Å². The van der Waals surface area contributed by atoms with Gasteiger partial charge >= 0.3 is 0 Å². The summed E-state index contributed by atoms with van der Waals surface area (Å²) >= 11 is 0. The van der Waals surface area contributed by atoms with Crippen LogP contribution in [0.1, 0.15) is 40.5 Å². The van der Waals surface area contributed by atoms with Crippen LogP contribution in [0.2, 0.25) is 0 Å². The third-order valence-corrected chi connectivity index (χ3v) is 5.67. The number of hydrogen-bond acceptors (Lipinski definition) is 6. The van der Waals surface area contributed by atoms with Crippen LogP contribution < -0.4 is 10.2 Å². The van der Waals surface area contributed by atoms with E-state index in [2.05, 4.69) is 17.1 Å². The maximum absolute atomic E-state index is 14.7. The summed E-state index contributed by atoms with van der Waals surface area (Å²) in [5, 5.41) is 2.15. The second-order valence-electron chi connectivity index (χ2n) is 7.22. The topological polar surface area (TPSA) is 90.0 Å². The average Bonchev–Trinajstić information content (AvgIpc) is 2.91. The summed E-state index contributed by atoms with van der Waals surface area (Å²) in [4.78, 5) is 54.0. The van der Waals surface area contributed by atoms with Crippen molar-refractivity contribution in [2.24, 2.45) is 0 Å². The van der Waals surface area contributed by atoms with Crippen molar-refractivity contribution in [1.82, 2.24) is 15.1 Å². The molecular weight excluding hydrogens is 367 g/mol. The number of amides is 4. The number of nitrogens with one attached hydrogen (secondary N) is 1. The Morgan fingerprint density at radius 1 is 1.04 bits per heavy atom. The van der Waals surface area contributed by atoms with Gasteiger partial charge < -0.3 is 9.80 Å². The molecule has 28 heavy (non-hydrogen) atoms. The maximum Gasteiger partial charge on any atom is 0.262 e. The minimum atomic E-state index is -1.05. The van der Waals surface area contributed by atoms with Crippen LogP contribution in [0.3, 0.4) is 0 Å². The van der Waals surface area contributed by atoms with Gasteiger partial charge in [0.05, 0.1) is 16.8 Å². The van der Waals surface area contributed by atoms with Gasteiger partial charge in [-0.2, -0.15) is 0 Å². The molecular formula is C19H21FN4O4. The number of hydrogen-bond donors (Lipinski definition) is 1. The van der Waals surface area contributed by atoms with Gasteiger partial charge in [-0.15, -0.1) is 0 Å². The van der Waals surface area contributed by atoms with Gasteiger partial charge in [-0.1, -0.05) is 6.92 Å². The normalized spacial score (nSPS) is 23.3. The Labute approximate surface area is 161 Å². The van der Waals surface area contributed by atoms with Gasteiger partial charge in [0.15, 0.2) is 0 Å². The van der Waals surface area contributed by atoms with Crippen LogP contribution >= 0.6 is 0 Å². The molecule has 0 radical (unpaired) electrons. The van der Waals surface area contributed by atoms with E-state index in [1.807, 2.05) is 4.90 Å². The lowest BCUT2D eigenvalue weighted by atomic mass is 10.0. The molecule has 3 aliphatic rings. The van der Waals surface area contributed by atoms with E-state index >= 15 is 0 Å². The van der Waals surface area contributed by atoms with Crippen LogP contribution in [0.5, 0.6) is 0 Å². The number of piperazine rings is 1. The predicted molar refractivity (Wildman–Crippen MR) is 97.4 cm³/mol. The van der Waals surface area contributed by atoms with Gasteiger partial charge in [0.25, 0.3) is 11.8 Å². The van der Waals surface area contributed by atoms with Crippen LogP contribution in [-0.2, 0) is 9.59 Å². The first-order valence-electron chi connectivity index (χ1n) is 9.43. The number of anilines is 1. The molecule has 148 valence electrons. The van der Waals surface area contributed by atoms with Crippen LogP contribution in [0.15, 0.2) is 12.1 Å². The smallest absolute Gasteiger partial charge is 0.262 e. The van der Waals surface area contributed by atoms with Crippen molar-refractivity contribution in [3.05, 3.63) is 29.1 Å². The highest BCUT2D eigenvalue weighted by Gasteiger charge is 2.45. The molecule has 0 spiro atoms. The molecule has 9 heteroatoms. The van der Waals surface area contributed by atoms with Gasteiger partial charge in [-0.3, -0.25) is 29.4 Å².